The molecular formula is C18H35N3O2. The van der Waals surface area contributed by atoms with Crippen LogP contribution in [0.25, 0.3) is 0 Å². The second-order valence-corrected chi connectivity index (χ2v) is 7.61. The molecule has 134 valence electrons. The van der Waals surface area contributed by atoms with Crippen molar-refractivity contribution in [2.45, 2.75) is 58.0 Å². The molecule has 1 heterocycles. The minimum absolute atomic E-state index is 0.0112. The molecule has 1 unspecified atom stereocenters. The number of aliphatic hydroxyl groups is 1. The van der Waals surface area contributed by atoms with Crippen molar-refractivity contribution in [2.24, 2.45) is 5.92 Å². The second-order valence-electron chi connectivity index (χ2n) is 7.61. The molecule has 1 saturated heterocycles. The lowest BCUT2D eigenvalue weighted by Crippen LogP contribution is -2.48. The van der Waals surface area contributed by atoms with E-state index in [1.165, 1.54) is 6.42 Å². The monoisotopic (exact) mass is 325 g/mol. The summed E-state index contributed by atoms with van der Waals surface area (Å²) in [4.78, 5) is 17.1. The third-order valence-corrected chi connectivity index (χ3v) is 5.40. The zero-order valence-electron chi connectivity index (χ0n) is 15.0. The molecule has 1 atom stereocenters. The fraction of sp³-hybridized carbons (Fsp3) is 0.944. The minimum atomic E-state index is -0.748. The van der Waals surface area contributed by atoms with Crippen LogP contribution in [0.5, 0.6) is 0 Å². The van der Waals surface area contributed by atoms with Crippen LogP contribution in [0, 0.1) is 5.92 Å². The highest BCUT2D eigenvalue weighted by molar-refractivity contribution is 5.77. The molecule has 2 aliphatic rings. The number of hydrogen-bond acceptors (Lipinski definition) is 4. The Kier molecular flexibility index (Phi) is 7.31. The average molecular weight is 325 g/mol. The maximum Gasteiger partial charge on any atom is 0.222 e. The van der Waals surface area contributed by atoms with E-state index in [4.69, 9.17) is 0 Å². The predicted molar refractivity (Wildman–Crippen MR) is 93.4 cm³/mol. The fourth-order valence-electron chi connectivity index (χ4n) is 3.83. The van der Waals surface area contributed by atoms with Crippen molar-refractivity contribution >= 4 is 5.91 Å². The van der Waals surface area contributed by atoms with Crippen molar-refractivity contribution in [2.75, 3.05) is 45.8 Å². The molecule has 1 saturated carbocycles. The fourth-order valence-corrected chi connectivity index (χ4v) is 3.83. The van der Waals surface area contributed by atoms with Gasteiger partial charge in [0.2, 0.25) is 5.91 Å². The third kappa shape index (κ3) is 6.40. The molecule has 2 rings (SSSR count). The van der Waals surface area contributed by atoms with E-state index in [9.17, 15) is 9.90 Å². The standard InChI is InChI=1S/C18H35N3O2/c1-3-20-9-11-21(12-10-20)15-16(2)14-19-17(22)13-18(23)7-5-4-6-8-18/h16,23H,3-15H2,1-2H3,(H,19,22). The summed E-state index contributed by atoms with van der Waals surface area (Å²) in [5.74, 6) is 0.463. The molecule has 1 aliphatic heterocycles. The SMILES string of the molecule is CCN1CCN(CC(C)CNC(=O)CC2(O)CCCCC2)CC1. The molecule has 0 aromatic heterocycles. The van der Waals surface area contributed by atoms with E-state index in [0.717, 1.165) is 65.0 Å². The van der Waals surface area contributed by atoms with Crippen LogP contribution in [0.3, 0.4) is 0 Å². The van der Waals surface area contributed by atoms with Crippen LogP contribution < -0.4 is 5.32 Å². The van der Waals surface area contributed by atoms with Gasteiger partial charge in [-0.3, -0.25) is 4.79 Å². The Bertz CT molecular complexity index is 361. The van der Waals surface area contributed by atoms with E-state index in [1.807, 2.05) is 0 Å². The zero-order valence-corrected chi connectivity index (χ0v) is 15.0. The Morgan fingerprint density at radius 3 is 2.35 bits per heavy atom. The van der Waals surface area contributed by atoms with E-state index in [0.29, 0.717) is 12.5 Å². The lowest BCUT2D eigenvalue weighted by Gasteiger charge is -2.35. The quantitative estimate of drug-likeness (QED) is 0.744. The molecule has 23 heavy (non-hydrogen) atoms. The van der Waals surface area contributed by atoms with E-state index in [-0.39, 0.29) is 12.3 Å². The zero-order chi connectivity index (χ0) is 16.7. The van der Waals surface area contributed by atoms with Gasteiger partial charge in [-0.25, -0.2) is 0 Å². The number of carbonyl (C=O) groups excluding carboxylic acids is 1. The van der Waals surface area contributed by atoms with Crippen molar-refractivity contribution in [3.05, 3.63) is 0 Å². The van der Waals surface area contributed by atoms with Crippen LogP contribution in [0.15, 0.2) is 0 Å². The van der Waals surface area contributed by atoms with E-state index >= 15 is 0 Å². The summed E-state index contributed by atoms with van der Waals surface area (Å²) in [6.07, 6.45) is 5.10. The molecule has 1 amide bonds. The summed E-state index contributed by atoms with van der Waals surface area (Å²) >= 11 is 0. The molecule has 0 aromatic rings. The maximum absolute atomic E-state index is 12.1. The van der Waals surface area contributed by atoms with Crippen molar-refractivity contribution in [3.8, 4) is 0 Å². The van der Waals surface area contributed by atoms with Crippen molar-refractivity contribution in [1.82, 2.24) is 15.1 Å². The number of hydrogen-bond donors (Lipinski definition) is 2. The highest BCUT2D eigenvalue weighted by Crippen LogP contribution is 2.30. The third-order valence-electron chi connectivity index (χ3n) is 5.40. The first-order chi connectivity index (χ1) is 11.0. The summed E-state index contributed by atoms with van der Waals surface area (Å²) in [5, 5.41) is 13.5. The van der Waals surface area contributed by atoms with Crippen LogP contribution in [-0.4, -0.2) is 72.2 Å². The van der Waals surface area contributed by atoms with Crippen molar-refractivity contribution in [3.63, 3.8) is 0 Å². The van der Waals surface area contributed by atoms with Gasteiger partial charge >= 0.3 is 0 Å². The Balaban J connectivity index is 1.62. The number of piperazine rings is 1. The molecule has 0 spiro atoms. The van der Waals surface area contributed by atoms with Crippen LogP contribution in [0.4, 0.5) is 0 Å². The summed E-state index contributed by atoms with van der Waals surface area (Å²) in [6, 6.07) is 0. The van der Waals surface area contributed by atoms with Gasteiger partial charge in [-0.05, 0) is 25.3 Å². The Hall–Kier alpha value is -0.650. The topological polar surface area (TPSA) is 55.8 Å². The summed E-state index contributed by atoms with van der Waals surface area (Å²) < 4.78 is 0. The van der Waals surface area contributed by atoms with Gasteiger partial charge in [0, 0.05) is 39.3 Å². The number of nitrogens with zero attached hydrogens (tertiary/aromatic N) is 2. The molecular weight excluding hydrogens is 290 g/mol. The number of rotatable bonds is 7. The Labute approximate surface area is 141 Å². The predicted octanol–water partition coefficient (Wildman–Crippen LogP) is 1.46. The smallest absolute Gasteiger partial charge is 0.222 e. The van der Waals surface area contributed by atoms with E-state index in [1.54, 1.807) is 0 Å². The average Bonchev–Trinajstić information content (AvgIpc) is 2.54. The van der Waals surface area contributed by atoms with Gasteiger partial charge in [0.05, 0.1) is 12.0 Å². The minimum Gasteiger partial charge on any atom is -0.389 e. The normalized spacial score (nSPS) is 24.3. The van der Waals surface area contributed by atoms with Gasteiger partial charge in [-0.1, -0.05) is 33.1 Å². The van der Waals surface area contributed by atoms with Gasteiger partial charge in [0.15, 0.2) is 0 Å². The molecule has 0 aromatic carbocycles. The molecule has 0 radical (unpaired) electrons. The van der Waals surface area contributed by atoms with Gasteiger partial charge in [-0.2, -0.15) is 0 Å². The molecule has 1 aliphatic carbocycles. The van der Waals surface area contributed by atoms with E-state index in [2.05, 4.69) is 29.0 Å². The van der Waals surface area contributed by atoms with Gasteiger partial charge < -0.3 is 20.2 Å². The first-order valence-corrected chi connectivity index (χ1v) is 9.44. The molecule has 5 heteroatoms. The lowest BCUT2D eigenvalue weighted by atomic mass is 9.82. The van der Waals surface area contributed by atoms with Crippen molar-refractivity contribution < 1.29 is 9.90 Å². The van der Waals surface area contributed by atoms with Gasteiger partial charge in [-0.15, -0.1) is 0 Å². The van der Waals surface area contributed by atoms with Crippen LogP contribution in [0.2, 0.25) is 0 Å². The summed E-state index contributed by atoms with van der Waals surface area (Å²) in [7, 11) is 0. The van der Waals surface area contributed by atoms with Crippen molar-refractivity contribution in [1.29, 1.82) is 0 Å². The summed E-state index contributed by atoms with van der Waals surface area (Å²) in [6.45, 7) is 11.9. The molecule has 2 fully saturated rings. The molecule has 5 nitrogen and oxygen atoms in total. The Morgan fingerprint density at radius 1 is 1.13 bits per heavy atom. The second kappa shape index (κ2) is 9.00. The number of carbonyl (C=O) groups is 1. The maximum atomic E-state index is 12.1. The first kappa shape index (κ1) is 18.7. The van der Waals surface area contributed by atoms with E-state index < -0.39 is 5.60 Å². The van der Waals surface area contributed by atoms with Crippen LogP contribution in [0.1, 0.15) is 52.4 Å². The van der Waals surface area contributed by atoms with Gasteiger partial charge in [0.25, 0.3) is 0 Å². The first-order valence-electron chi connectivity index (χ1n) is 9.44. The highest BCUT2D eigenvalue weighted by atomic mass is 16.3. The molecule has 0 bridgehead atoms. The van der Waals surface area contributed by atoms with Gasteiger partial charge in [0.1, 0.15) is 0 Å². The highest BCUT2D eigenvalue weighted by Gasteiger charge is 2.31. The number of amides is 1. The lowest BCUT2D eigenvalue weighted by molar-refractivity contribution is -0.127. The molecule has 2 N–H and O–H groups in total. The number of likely N-dealkylation sites (N-methyl/N-ethyl adjacent to an activating group) is 1. The number of nitrogens with one attached hydrogen (secondary N) is 1. The van der Waals surface area contributed by atoms with Crippen LogP contribution in [-0.2, 0) is 4.79 Å². The summed E-state index contributed by atoms with van der Waals surface area (Å²) in [5.41, 5.74) is -0.748. The largest absolute Gasteiger partial charge is 0.389 e. The Morgan fingerprint density at radius 2 is 1.74 bits per heavy atom. The van der Waals surface area contributed by atoms with Crippen LogP contribution >= 0.6 is 0 Å².